The summed E-state index contributed by atoms with van der Waals surface area (Å²) < 4.78 is 7.31. The number of carbonyl (C=O) groups excluding carboxylic acids is 2. The first-order valence-electron chi connectivity index (χ1n) is 10.3. The molecule has 0 aliphatic carbocycles. The van der Waals surface area contributed by atoms with Crippen LogP contribution in [0, 0.1) is 18.3 Å². The number of hydrogen-bond acceptors (Lipinski definition) is 5. The van der Waals surface area contributed by atoms with Gasteiger partial charge in [0.25, 0.3) is 11.1 Å². The quantitative estimate of drug-likeness (QED) is 0.281. The number of rotatable bonds is 6. The molecule has 0 saturated carbocycles. The molecule has 0 aromatic heterocycles. The molecule has 1 fully saturated rings. The Kier molecular flexibility index (Phi) is 7.57. The number of aryl methyl sites for hydroxylation is 1. The van der Waals surface area contributed by atoms with Crippen molar-refractivity contribution >= 4 is 60.8 Å². The normalized spacial score (nSPS) is 14.5. The molecule has 170 valence electrons. The highest BCUT2D eigenvalue weighted by Crippen LogP contribution is 2.38. The van der Waals surface area contributed by atoms with Crippen LogP contribution in [0.15, 0.2) is 74.5 Å². The Hall–Kier alpha value is -2.86. The van der Waals surface area contributed by atoms with Gasteiger partial charge in [-0.2, -0.15) is 5.26 Å². The Labute approximate surface area is 218 Å². The fourth-order valence-electron chi connectivity index (χ4n) is 3.37. The second kappa shape index (κ2) is 10.6. The van der Waals surface area contributed by atoms with Crippen molar-refractivity contribution in [2.45, 2.75) is 20.1 Å². The maximum absolute atomic E-state index is 12.9. The summed E-state index contributed by atoms with van der Waals surface area (Å²) in [5.74, 6) is 0.272. The van der Waals surface area contributed by atoms with E-state index in [9.17, 15) is 14.9 Å². The Balaban J connectivity index is 1.51. The van der Waals surface area contributed by atoms with Crippen LogP contribution < -0.4 is 4.74 Å². The monoisotopic (exact) mass is 596 g/mol. The summed E-state index contributed by atoms with van der Waals surface area (Å²) in [5, 5.41) is 8.98. The largest absolute Gasteiger partial charge is 0.486 e. The molecule has 0 spiro atoms. The second-order valence-corrected chi connectivity index (χ2v) is 10.3. The van der Waals surface area contributed by atoms with Crippen molar-refractivity contribution in [3.63, 3.8) is 0 Å². The molecule has 0 N–H and O–H groups in total. The van der Waals surface area contributed by atoms with Gasteiger partial charge in [0.2, 0.25) is 0 Å². The van der Waals surface area contributed by atoms with E-state index in [4.69, 9.17) is 4.74 Å². The lowest BCUT2D eigenvalue weighted by atomic mass is 10.1. The van der Waals surface area contributed by atoms with Crippen LogP contribution in [0.4, 0.5) is 4.79 Å². The van der Waals surface area contributed by atoms with Crippen LogP contribution in [0.1, 0.15) is 27.8 Å². The molecule has 5 nitrogen and oxygen atoms in total. The van der Waals surface area contributed by atoms with Crippen LogP contribution in [-0.4, -0.2) is 16.0 Å². The average molecular weight is 598 g/mol. The second-order valence-electron chi connectivity index (χ2n) is 7.62. The number of carbonyl (C=O) groups is 2. The predicted octanol–water partition coefficient (Wildman–Crippen LogP) is 7.21. The third-order valence-electron chi connectivity index (χ3n) is 5.16. The molecule has 8 heteroatoms. The van der Waals surface area contributed by atoms with Crippen LogP contribution >= 0.6 is 43.6 Å². The molecule has 3 aromatic carbocycles. The van der Waals surface area contributed by atoms with Crippen molar-refractivity contribution in [2.75, 3.05) is 0 Å². The maximum atomic E-state index is 12.9. The molecular weight excluding hydrogens is 580 g/mol. The van der Waals surface area contributed by atoms with E-state index in [1.807, 2.05) is 61.5 Å². The summed E-state index contributed by atoms with van der Waals surface area (Å²) >= 11 is 7.99. The number of nitrogens with zero attached hydrogens (tertiary/aromatic N) is 2. The van der Waals surface area contributed by atoms with Crippen LogP contribution in [-0.2, 0) is 17.9 Å². The highest BCUT2D eigenvalue weighted by molar-refractivity contribution is 9.11. The van der Waals surface area contributed by atoms with E-state index < -0.39 is 0 Å². The highest BCUT2D eigenvalue weighted by atomic mass is 79.9. The fourth-order valence-corrected chi connectivity index (χ4v) is 5.66. The van der Waals surface area contributed by atoms with Gasteiger partial charge in [0.05, 0.1) is 32.0 Å². The summed E-state index contributed by atoms with van der Waals surface area (Å²) in [6.45, 7) is 2.47. The molecule has 3 aromatic rings. The van der Waals surface area contributed by atoms with E-state index in [0.717, 1.165) is 34.0 Å². The van der Waals surface area contributed by atoms with Crippen molar-refractivity contribution in [3.8, 4) is 11.8 Å². The SMILES string of the molecule is Cc1ccc(CN2C(=O)S/C(=C\c3cc(Br)c(OCc4ccccc4C#N)c(Br)c3)C2=O)cc1. The molecule has 2 amide bonds. The van der Waals surface area contributed by atoms with Crippen LogP contribution in [0.2, 0.25) is 0 Å². The van der Waals surface area contributed by atoms with Gasteiger partial charge in [-0.3, -0.25) is 14.5 Å². The molecule has 1 saturated heterocycles. The first-order chi connectivity index (χ1) is 16.4. The Morgan fingerprint density at radius 2 is 1.74 bits per heavy atom. The Morgan fingerprint density at radius 3 is 2.41 bits per heavy atom. The van der Waals surface area contributed by atoms with Gasteiger partial charge in [-0.05, 0) is 85.9 Å². The number of nitriles is 1. The maximum Gasteiger partial charge on any atom is 0.293 e. The number of thioether (sulfide) groups is 1. The molecule has 1 aliphatic heterocycles. The summed E-state index contributed by atoms with van der Waals surface area (Å²) in [4.78, 5) is 27.0. The summed E-state index contributed by atoms with van der Waals surface area (Å²) in [5.41, 5.74) is 4.11. The smallest absolute Gasteiger partial charge is 0.293 e. The average Bonchev–Trinajstić information content (AvgIpc) is 3.07. The van der Waals surface area contributed by atoms with Gasteiger partial charge in [0, 0.05) is 5.56 Å². The van der Waals surface area contributed by atoms with Crippen molar-refractivity contribution in [1.82, 2.24) is 4.90 Å². The summed E-state index contributed by atoms with van der Waals surface area (Å²) in [7, 11) is 0. The fraction of sp³-hybridized carbons (Fsp3) is 0.115. The summed E-state index contributed by atoms with van der Waals surface area (Å²) in [6.07, 6.45) is 1.70. The zero-order valence-corrected chi connectivity index (χ0v) is 22.0. The van der Waals surface area contributed by atoms with E-state index in [0.29, 0.717) is 25.2 Å². The number of halogens is 2. The van der Waals surface area contributed by atoms with Crippen molar-refractivity contribution < 1.29 is 14.3 Å². The molecule has 0 bridgehead atoms. The van der Waals surface area contributed by atoms with Crippen LogP contribution in [0.25, 0.3) is 6.08 Å². The molecule has 1 heterocycles. The van der Waals surface area contributed by atoms with Crippen LogP contribution in [0.5, 0.6) is 5.75 Å². The lowest BCUT2D eigenvalue weighted by Crippen LogP contribution is -2.27. The zero-order chi connectivity index (χ0) is 24.2. The van der Waals surface area contributed by atoms with Gasteiger partial charge in [0.15, 0.2) is 0 Å². The van der Waals surface area contributed by atoms with Gasteiger partial charge in [-0.1, -0.05) is 48.0 Å². The number of imide groups is 1. The van der Waals surface area contributed by atoms with Gasteiger partial charge >= 0.3 is 0 Å². The molecule has 4 rings (SSSR count). The topological polar surface area (TPSA) is 70.4 Å². The number of ether oxygens (including phenoxy) is 1. The number of hydrogen-bond donors (Lipinski definition) is 0. The molecule has 1 aliphatic rings. The van der Waals surface area contributed by atoms with Crippen molar-refractivity contribution in [2.24, 2.45) is 0 Å². The lowest BCUT2D eigenvalue weighted by Gasteiger charge is -2.13. The van der Waals surface area contributed by atoms with E-state index in [1.54, 1.807) is 12.1 Å². The third kappa shape index (κ3) is 5.44. The minimum absolute atomic E-state index is 0.234. The molecule has 0 unspecified atom stereocenters. The van der Waals surface area contributed by atoms with E-state index in [2.05, 4.69) is 37.9 Å². The molecule has 34 heavy (non-hydrogen) atoms. The zero-order valence-electron chi connectivity index (χ0n) is 18.0. The molecular formula is C26H18Br2N2O3S. The third-order valence-corrected chi connectivity index (χ3v) is 7.25. The Bertz CT molecular complexity index is 1320. The minimum atomic E-state index is -0.309. The number of benzene rings is 3. The Morgan fingerprint density at radius 1 is 1.06 bits per heavy atom. The van der Waals surface area contributed by atoms with E-state index >= 15 is 0 Å². The van der Waals surface area contributed by atoms with Crippen molar-refractivity contribution in [1.29, 1.82) is 5.26 Å². The van der Waals surface area contributed by atoms with Gasteiger partial charge in [-0.15, -0.1) is 0 Å². The standard InChI is InChI=1S/C26H18Br2N2O3S/c1-16-6-8-17(9-7-16)14-30-25(31)23(34-26(30)32)12-18-10-21(27)24(22(28)11-18)33-15-20-5-3-2-4-19(20)13-29/h2-12H,14-15H2,1H3/b23-12-. The van der Waals surface area contributed by atoms with Gasteiger partial charge in [0.1, 0.15) is 12.4 Å². The summed E-state index contributed by atoms with van der Waals surface area (Å²) in [6, 6.07) is 20.8. The van der Waals surface area contributed by atoms with Crippen molar-refractivity contribution in [3.05, 3.63) is 102 Å². The van der Waals surface area contributed by atoms with Gasteiger partial charge in [-0.25, -0.2) is 0 Å². The van der Waals surface area contributed by atoms with E-state index in [1.165, 1.54) is 4.90 Å². The molecule has 0 radical (unpaired) electrons. The van der Waals surface area contributed by atoms with E-state index in [-0.39, 0.29) is 24.3 Å². The minimum Gasteiger partial charge on any atom is -0.486 e. The lowest BCUT2D eigenvalue weighted by molar-refractivity contribution is -0.123. The first-order valence-corrected chi connectivity index (χ1v) is 12.7. The predicted molar refractivity (Wildman–Crippen MR) is 140 cm³/mol. The van der Waals surface area contributed by atoms with Crippen LogP contribution in [0.3, 0.4) is 0 Å². The van der Waals surface area contributed by atoms with Gasteiger partial charge < -0.3 is 4.74 Å². The molecule has 0 atom stereocenters. The first kappa shape index (κ1) is 24.3. The highest BCUT2D eigenvalue weighted by Gasteiger charge is 2.35. The number of amides is 2.